The molecule has 0 spiro atoms. The van der Waals surface area contributed by atoms with Gasteiger partial charge in [-0.05, 0) is 86.2 Å². The number of hydrogen-bond acceptors (Lipinski definition) is 4. The Kier molecular flexibility index (Phi) is 12.2. The summed E-state index contributed by atoms with van der Waals surface area (Å²) in [5, 5.41) is 8.05. The molecular formula is C40H49N3O4. The number of carbonyl (C=O) groups is 3. The van der Waals surface area contributed by atoms with Crippen LogP contribution in [0.1, 0.15) is 81.7 Å². The molecule has 0 saturated carbocycles. The summed E-state index contributed by atoms with van der Waals surface area (Å²) in [6.07, 6.45) is 3.25. The van der Waals surface area contributed by atoms with E-state index in [0.29, 0.717) is 24.2 Å². The molecule has 0 radical (unpaired) electrons. The monoisotopic (exact) mass is 635 g/mol. The average molecular weight is 636 g/mol. The van der Waals surface area contributed by atoms with Crippen LogP contribution in [0.3, 0.4) is 0 Å². The minimum atomic E-state index is -0.957. The highest BCUT2D eigenvalue weighted by molar-refractivity contribution is 6.00. The van der Waals surface area contributed by atoms with Crippen molar-refractivity contribution < 1.29 is 19.1 Å². The van der Waals surface area contributed by atoms with Crippen molar-refractivity contribution >= 4 is 34.4 Å². The average Bonchev–Trinajstić information content (AvgIpc) is 3.03. The zero-order chi connectivity index (χ0) is 34.0. The van der Waals surface area contributed by atoms with E-state index in [1.54, 1.807) is 25.7 Å². The summed E-state index contributed by atoms with van der Waals surface area (Å²) in [4.78, 5) is 44.0. The SMILES string of the molecule is CCCCCCN(C(=O)C(Cc1ccccc1)NC(=O)OC(C)(C)C)C(C(=O)Nc1ccc2ccccc2c1)c1ccc(C)c(C)c1. The molecule has 0 saturated heterocycles. The smallest absolute Gasteiger partial charge is 0.408 e. The van der Waals surface area contributed by atoms with Crippen molar-refractivity contribution in [1.29, 1.82) is 0 Å². The first-order chi connectivity index (χ1) is 22.4. The third-order valence-electron chi connectivity index (χ3n) is 8.23. The van der Waals surface area contributed by atoms with Gasteiger partial charge in [0.05, 0.1) is 0 Å². The van der Waals surface area contributed by atoms with E-state index >= 15 is 0 Å². The van der Waals surface area contributed by atoms with Crippen LogP contribution < -0.4 is 10.6 Å². The maximum Gasteiger partial charge on any atom is 0.408 e. The molecule has 7 heteroatoms. The van der Waals surface area contributed by atoms with Gasteiger partial charge in [0.2, 0.25) is 5.91 Å². The molecule has 47 heavy (non-hydrogen) atoms. The summed E-state index contributed by atoms with van der Waals surface area (Å²) in [5.41, 5.74) is 3.62. The number of benzene rings is 4. The molecule has 2 N–H and O–H groups in total. The van der Waals surface area contributed by atoms with Crippen molar-refractivity contribution in [1.82, 2.24) is 10.2 Å². The quantitative estimate of drug-likeness (QED) is 0.144. The Labute approximate surface area is 279 Å². The van der Waals surface area contributed by atoms with Crippen molar-refractivity contribution in [2.75, 3.05) is 11.9 Å². The summed E-state index contributed by atoms with van der Waals surface area (Å²) >= 11 is 0. The van der Waals surface area contributed by atoms with Gasteiger partial charge in [0.1, 0.15) is 17.7 Å². The van der Waals surface area contributed by atoms with E-state index in [9.17, 15) is 14.4 Å². The number of anilines is 1. The van der Waals surface area contributed by atoms with Crippen molar-refractivity contribution in [3.05, 3.63) is 113 Å². The second kappa shape index (κ2) is 16.3. The summed E-state index contributed by atoms with van der Waals surface area (Å²) in [6, 6.07) is 27.4. The molecule has 4 rings (SSSR count). The van der Waals surface area contributed by atoms with Crippen LogP contribution in [0.2, 0.25) is 0 Å². The Morgan fingerprint density at radius 3 is 2.17 bits per heavy atom. The van der Waals surface area contributed by atoms with Crippen molar-refractivity contribution in [2.45, 2.75) is 91.3 Å². The first-order valence-electron chi connectivity index (χ1n) is 16.7. The summed E-state index contributed by atoms with van der Waals surface area (Å²) in [7, 11) is 0. The molecule has 4 aromatic carbocycles. The highest BCUT2D eigenvalue weighted by Gasteiger charge is 2.36. The number of unbranched alkanes of at least 4 members (excludes halogenated alkanes) is 3. The largest absolute Gasteiger partial charge is 0.444 e. The van der Waals surface area contributed by atoms with Crippen LogP contribution in [0.15, 0.2) is 91.0 Å². The predicted octanol–water partition coefficient (Wildman–Crippen LogP) is 8.68. The van der Waals surface area contributed by atoms with Gasteiger partial charge >= 0.3 is 6.09 Å². The molecule has 7 nitrogen and oxygen atoms in total. The van der Waals surface area contributed by atoms with Crippen molar-refractivity contribution in [3.63, 3.8) is 0 Å². The summed E-state index contributed by atoms with van der Waals surface area (Å²) in [6.45, 7) is 11.9. The van der Waals surface area contributed by atoms with Crippen molar-refractivity contribution in [2.24, 2.45) is 0 Å². The van der Waals surface area contributed by atoms with Crippen molar-refractivity contribution in [3.8, 4) is 0 Å². The first kappa shape index (κ1) is 35.2. The van der Waals surface area contributed by atoms with Gasteiger partial charge in [-0.2, -0.15) is 0 Å². The zero-order valence-electron chi connectivity index (χ0n) is 28.6. The van der Waals surface area contributed by atoms with Gasteiger partial charge in [-0.1, -0.05) is 105 Å². The van der Waals surface area contributed by atoms with Crippen LogP contribution in [-0.4, -0.2) is 41.0 Å². The number of rotatable bonds is 13. The number of amides is 3. The molecule has 0 aliphatic heterocycles. The van der Waals surface area contributed by atoms with Crippen LogP contribution in [0, 0.1) is 13.8 Å². The number of aryl methyl sites for hydroxylation is 2. The molecule has 4 aromatic rings. The van der Waals surface area contributed by atoms with E-state index in [0.717, 1.165) is 46.7 Å². The van der Waals surface area contributed by atoms with Gasteiger partial charge in [0.15, 0.2) is 0 Å². The minimum Gasteiger partial charge on any atom is -0.444 e. The molecule has 0 aliphatic carbocycles. The standard InChI is InChI=1S/C40H49N3O4/c1-7-8-9-15-24-43(38(45)35(26-30-16-11-10-12-17-30)42-39(46)47-40(4,5)6)36(33-21-20-28(2)29(3)25-33)37(44)41-34-23-22-31-18-13-14-19-32(31)27-34/h10-14,16-23,25,27,35-36H,7-9,15,24,26H2,1-6H3,(H,41,44)(H,42,46). The molecule has 0 heterocycles. The van der Waals surface area contributed by atoms with Gasteiger partial charge in [-0.15, -0.1) is 0 Å². The number of carbonyl (C=O) groups excluding carboxylic acids is 3. The molecule has 2 atom stereocenters. The number of hydrogen-bond donors (Lipinski definition) is 2. The second-order valence-electron chi connectivity index (χ2n) is 13.3. The highest BCUT2D eigenvalue weighted by atomic mass is 16.6. The Bertz CT molecular complexity index is 1660. The Morgan fingerprint density at radius 2 is 1.49 bits per heavy atom. The second-order valence-corrected chi connectivity index (χ2v) is 13.3. The lowest BCUT2D eigenvalue weighted by molar-refractivity contribution is -0.140. The lowest BCUT2D eigenvalue weighted by atomic mass is 9.97. The van der Waals surface area contributed by atoms with E-state index in [2.05, 4.69) is 17.6 Å². The summed E-state index contributed by atoms with van der Waals surface area (Å²) < 4.78 is 5.58. The third-order valence-corrected chi connectivity index (χ3v) is 8.23. The molecule has 0 fully saturated rings. The van der Waals surface area contributed by atoms with Gasteiger partial charge in [0.25, 0.3) is 5.91 Å². The fourth-order valence-electron chi connectivity index (χ4n) is 5.66. The van der Waals surface area contributed by atoms with E-state index in [4.69, 9.17) is 4.74 Å². The molecule has 2 unspecified atom stereocenters. The summed E-state index contributed by atoms with van der Waals surface area (Å²) in [5.74, 6) is -0.656. The molecule has 3 amide bonds. The van der Waals surface area contributed by atoms with Gasteiger partial charge < -0.3 is 20.3 Å². The van der Waals surface area contributed by atoms with E-state index in [1.807, 2.05) is 105 Å². The van der Waals surface area contributed by atoms with Crippen LogP contribution in [0.5, 0.6) is 0 Å². The highest BCUT2D eigenvalue weighted by Crippen LogP contribution is 2.28. The third kappa shape index (κ3) is 10.2. The maximum atomic E-state index is 14.8. The van der Waals surface area contributed by atoms with E-state index in [1.165, 1.54) is 0 Å². The number of ether oxygens (including phenoxy) is 1. The molecule has 248 valence electrons. The molecule has 0 aromatic heterocycles. The number of fused-ring (bicyclic) bond motifs is 1. The fraction of sp³-hybridized carbons (Fsp3) is 0.375. The lowest BCUT2D eigenvalue weighted by Crippen LogP contribution is -2.53. The fourth-order valence-corrected chi connectivity index (χ4v) is 5.66. The minimum absolute atomic E-state index is 0.246. The number of alkyl carbamates (subject to hydrolysis) is 1. The van der Waals surface area contributed by atoms with Crippen LogP contribution >= 0.6 is 0 Å². The maximum absolute atomic E-state index is 14.8. The van der Waals surface area contributed by atoms with Gasteiger partial charge in [-0.25, -0.2) is 4.79 Å². The van der Waals surface area contributed by atoms with E-state index < -0.39 is 23.8 Å². The predicted molar refractivity (Wildman–Crippen MR) is 190 cm³/mol. The van der Waals surface area contributed by atoms with Crippen LogP contribution in [-0.2, 0) is 20.7 Å². The zero-order valence-corrected chi connectivity index (χ0v) is 28.6. The molecule has 0 aliphatic rings. The van der Waals surface area contributed by atoms with Gasteiger partial charge in [-0.3, -0.25) is 9.59 Å². The van der Waals surface area contributed by atoms with Gasteiger partial charge in [0, 0.05) is 18.7 Å². The molecular weight excluding hydrogens is 586 g/mol. The van der Waals surface area contributed by atoms with Crippen LogP contribution in [0.4, 0.5) is 10.5 Å². The lowest BCUT2D eigenvalue weighted by Gasteiger charge is -2.35. The first-order valence-corrected chi connectivity index (χ1v) is 16.7. The Hall–Kier alpha value is -4.65. The van der Waals surface area contributed by atoms with Crippen LogP contribution in [0.25, 0.3) is 10.8 Å². The number of nitrogens with zero attached hydrogens (tertiary/aromatic N) is 1. The Balaban J connectivity index is 1.77. The molecule has 0 bridgehead atoms. The Morgan fingerprint density at radius 1 is 0.787 bits per heavy atom. The van der Waals surface area contributed by atoms with E-state index in [-0.39, 0.29) is 18.2 Å². The topological polar surface area (TPSA) is 87.7 Å². The number of nitrogens with one attached hydrogen (secondary N) is 2. The normalized spacial score (nSPS) is 12.6.